The largest absolute Gasteiger partial charge is 0.352 e. The maximum absolute atomic E-state index is 12.1. The summed E-state index contributed by atoms with van der Waals surface area (Å²) in [6.45, 7) is 0.466. The van der Waals surface area contributed by atoms with Crippen molar-refractivity contribution in [2.24, 2.45) is 0 Å². The van der Waals surface area contributed by atoms with Gasteiger partial charge in [-0.3, -0.25) is 9.59 Å². The Kier molecular flexibility index (Phi) is 4.88. The van der Waals surface area contributed by atoms with Crippen molar-refractivity contribution < 1.29 is 9.59 Å². The molecule has 2 aromatic carbocycles. The fraction of sp³-hybridized carbons (Fsp3) is 0.176. The average Bonchev–Trinajstić information content (AvgIpc) is 2.54. The lowest BCUT2D eigenvalue weighted by Crippen LogP contribution is -2.24. The summed E-state index contributed by atoms with van der Waals surface area (Å²) in [7, 11) is 0. The lowest BCUT2D eigenvalue weighted by atomic mass is 10.1. The minimum Gasteiger partial charge on any atom is -0.352 e. The molecule has 6 heteroatoms. The van der Waals surface area contributed by atoms with E-state index < -0.39 is 0 Å². The normalized spacial score (nSPS) is 13.2. The summed E-state index contributed by atoms with van der Waals surface area (Å²) in [5, 5.41) is 6.39. The number of amides is 2. The Bertz CT molecular complexity index is 747. The standard InChI is InChI=1S/C17H15ClN2O2S/c18-13-4-1-11(2-5-13)9-19-16(21)8-12-3-6-15-14(7-12)20-17(22)10-23-15/h1-7H,8-10H2,(H,19,21)(H,20,22). The number of rotatable bonds is 4. The molecule has 0 atom stereocenters. The van der Waals surface area contributed by atoms with Crippen LogP contribution in [0.25, 0.3) is 0 Å². The van der Waals surface area contributed by atoms with Crippen molar-refractivity contribution in [3.8, 4) is 0 Å². The number of hydrogen-bond acceptors (Lipinski definition) is 3. The van der Waals surface area contributed by atoms with Gasteiger partial charge in [0.15, 0.2) is 0 Å². The molecular weight excluding hydrogens is 332 g/mol. The molecule has 2 amide bonds. The molecular formula is C17H15ClN2O2S. The third-order valence-corrected chi connectivity index (χ3v) is 4.77. The molecule has 2 aromatic rings. The highest BCUT2D eigenvalue weighted by molar-refractivity contribution is 8.00. The molecule has 0 saturated carbocycles. The topological polar surface area (TPSA) is 58.2 Å². The second-order valence-corrected chi connectivity index (χ2v) is 6.70. The molecule has 0 aliphatic carbocycles. The first-order valence-electron chi connectivity index (χ1n) is 7.17. The van der Waals surface area contributed by atoms with Crippen LogP contribution in [-0.2, 0) is 22.6 Å². The molecule has 1 aliphatic heterocycles. The Morgan fingerprint density at radius 2 is 1.91 bits per heavy atom. The Morgan fingerprint density at radius 1 is 1.17 bits per heavy atom. The number of thioether (sulfide) groups is 1. The van der Waals surface area contributed by atoms with Crippen LogP contribution in [-0.4, -0.2) is 17.6 Å². The van der Waals surface area contributed by atoms with Crippen molar-refractivity contribution in [2.45, 2.75) is 17.9 Å². The van der Waals surface area contributed by atoms with Crippen LogP contribution < -0.4 is 10.6 Å². The van der Waals surface area contributed by atoms with Crippen LogP contribution in [0.1, 0.15) is 11.1 Å². The Hall–Kier alpha value is -1.98. The van der Waals surface area contributed by atoms with Gasteiger partial charge in [-0.2, -0.15) is 0 Å². The number of anilines is 1. The fourth-order valence-electron chi connectivity index (χ4n) is 2.29. The molecule has 0 aromatic heterocycles. The van der Waals surface area contributed by atoms with E-state index in [1.165, 1.54) is 11.8 Å². The predicted molar refractivity (Wildman–Crippen MR) is 92.8 cm³/mol. The summed E-state index contributed by atoms with van der Waals surface area (Å²) in [5.74, 6) is 0.370. The fourth-order valence-corrected chi connectivity index (χ4v) is 3.21. The number of carbonyl (C=O) groups is 2. The van der Waals surface area contributed by atoms with E-state index in [0.29, 0.717) is 17.3 Å². The predicted octanol–water partition coefficient (Wildman–Crippen LogP) is 3.24. The van der Waals surface area contributed by atoms with Crippen LogP contribution in [0, 0.1) is 0 Å². The summed E-state index contributed by atoms with van der Waals surface area (Å²) < 4.78 is 0. The highest BCUT2D eigenvalue weighted by atomic mass is 35.5. The molecule has 3 rings (SSSR count). The first-order chi connectivity index (χ1) is 11.1. The van der Waals surface area contributed by atoms with Crippen LogP contribution in [0.3, 0.4) is 0 Å². The van der Waals surface area contributed by atoms with E-state index in [2.05, 4.69) is 10.6 Å². The molecule has 0 radical (unpaired) electrons. The number of benzene rings is 2. The van der Waals surface area contributed by atoms with Crippen molar-refractivity contribution in [3.63, 3.8) is 0 Å². The molecule has 0 saturated heterocycles. The zero-order valence-electron chi connectivity index (χ0n) is 12.3. The quantitative estimate of drug-likeness (QED) is 0.893. The third kappa shape index (κ3) is 4.27. The molecule has 2 N–H and O–H groups in total. The molecule has 1 aliphatic rings. The van der Waals surface area contributed by atoms with E-state index in [1.807, 2.05) is 30.3 Å². The van der Waals surface area contributed by atoms with E-state index in [4.69, 9.17) is 11.6 Å². The van der Waals surface area contributed by atoms with Crippen LogP contribution >= 0.6 is 23.4 Å². The third-order valence-electron chi connectivity index (χ3n) is 3.44. The number of nitrogens with one attached hydrogen (secondary N) is 2. The second kappa shape index (κ2) is 7.06. The summed E-state index contributed by atoms with van der Waals surface area (Å²) in [5.41, 5.74) is 2.66. The van der Waals surface area contributed by atoms with Gasteiger partial charge in [-0.1, -0.05) is 29.8 Å². The molecule has 1 heterocycles. The van der Waals surface area contributed by atoms with Gasteiger partial charge in [0.05, 0.1) is 17.9 Å². The monoisotopic (exact) mass is 346 g/mol. The SMILES string of the molecule is O=C(Cc1ccc2c(c1)NC(=O)CS2)NCc1ccc(Cl)cc1. The number of carbonyl (C=O) groups excluding carboxylic acids is 2. The van der Waals surface area contributed by atoms with E-state index in [1.54, 1.807) is 12.1 Å². The van der Waals surface area contributed by atoms with Crippen molar-refractivity contribution in [3.05, 3.63) is 58.6 Å². The zero-order valence-corrected chi connectivity index (χ0v) is 13.8. The molecule has 0 fully saturated rings. The first kappa shape index (κ1) is 15.9. The second-order valence-electron chi connectivity index (χ2n) is 5.25. The van der Waals surface area contributed by atoms with Gasteiger partial charge in [0.25, 0.3) is 0 Å². The Labute approximate surface area is 143 Å². The van der Waals surface area contributed by atoms with Gasteiger partial charge < -0.3 is 10.6 Å². The number of hydrogen-bond donors (Lipinski definition) is 2. The summed E-state index contributed by atoms with van der Waals surface area (Å²) in [6.07, 6.45) is 0.279. The lowest BCUT2D eigenvalue weighted by Gasteiger charge is -2.17. The molecule has 4 nitrogen and oxygen atoms in total. The van der Waals surface area contributed by atoms with Gasteiger partial charge in [0, 0.05) is 16.5 Å². The van der Waals surface area contributed by atoms with Gasteiger partial charge in [0.2, 0.25) is 11.8 Å². The van der Waals surface area contributed by atoms with E-state index in [0.717, 1.165) is 21.7 Å². The summed E-state index contributed by atoms with van der Waals surface area (Å²) in [6, 6.07) is 13.1. The summed E-state index contributed by atoms with van der Waals surface area (Å²) >= 11 is 7.34. The molecule has 23 heavy (non-hydrogen) atoms. The van der Waals surface area contributed by atoms with Gasteiger partial charge >= 0.3 is 0 Å². The molecule has 0 spiro atoms. The minimum absolute atomic E-state index is 0.00756. The van der Waals surface area contributed by atoms with E-state index in [-0.39, 0.29) is 18.2 Å². The van der Waals surface area contributed by atoms with Gasteiger partial charge in [0.1, 0.15) is 0 Å². The molecule has 0 unspecified atom stereocenters. The highest BCUT2D eigenvalue weighted by Gasteiger charge is 2.16. The number of fused-ring (bicyclic) bond motifs is 1. The first-order valence-corrected chi connectivity index (χ1v) is 8.53. The Balaban J connectivity index is 1.58. The van der Waals surface area contributed by atoms with Crippen molar-refractivity contribution in [2.75, 3.05) is 11.1 Å². The molecule has 0 bridgehead atoms. The van der Waals surface area contributed by atoms with Gasteiger partial charge in [-0.05, 0) is 35.4 Å². The van der Waals surface area contributed by atoms with Crippen molar-refractivity contribution in [1.29, 1.82) is 0 Å². The zero-order chi connectivity index (χ0) is 16.2. The number of halogens is 1. The average molecular weight is 347 g/mol. The Morgan fingerprint density at radius 3 is 2.70 bits per heavy atom. The van der Waals surface area contributed by atoms with Crippen LogP contribution in [0.5, 0.6) is 0 Å². The van der Waals surface area contributed by atoms with Crippen molar-refractivity contribution >= 4 is 40.9 Å². The highest BCUT2D eigenvalue weighted by Crippen LogP contribution is 2.32. The minimum atomic E-state index is -0.0605. The van der Waals surface area contributed by atoms with Crippen molar-refractivity contribution in [1.82, 2.24) is 5.32 Å². The maximum Gasteiger partial charge on any atom is 0.234 e. The van der Waals surface area contributed by atoms with Crippen LogP contribution in [0.15, 0.2) is 47.4 Å². The lowest BCUT2D eigenvalue weighted by molar-refractivity contribution is -0.120. The smallest absolute Gasteiger partial charge is 0.234 e. The van der Waals surface area contributed by atoms with Crippen LogP contribution in [0.4, 0.5) is 5.69 Å². The van der Waals surface area contributed by atoms with E-state index >= 15 is 0 Å². The van der Waals surface area contributed by atoms with E-state index in [9.17, 15) is 9.59 Å². The van der Waals surface area contributed by atoms with Gasteiger partial charge in [-0.15, -0.1) is 11.8 Å². The maximum atomic E-state index is 12.1. The van der Waals surface area contributed by atoms with Crippen LogP contribution in [0.2, 0.25) is 5.02 Å². The summed E-state index contributed by atoms with van der Waals surface area (Å²) in [4.78, 5) is 24.5. The molecule has 118 valence electrons. The van der Waals surface area contributed by atoms with Gasteiger partial charge in [-0.25, -0.2) is 0 Å².